The molecular formula is C29H41GeN2. The molecule has 2 aromatic carbocycles. The van der Waals surface area contributed by atoms with Gasteiger partial charge in [-0.2, -0.15) is 0 Å². The van der Waals surface area contributed by atoms with Gasteiger partial charge in [-0.15, -0.1) is 0 Å². The number of hydrogen-bond acceptors (Lipinski definition) is 2. The van der Waals surface area contributed by atoms with Crippen molar-refractivity contribution in [2.45, 2.75) is 97.7 Å². The van der Waals surface area contributed by atoms with E-state index in [1.165, 1.54) is 22.3 Å². The van der Waals surface area contributed by atoms with Crippen LogP contribution in [0.3, 0.4) is 0 Å². The maximum absolute atomic E-state index is 5.21. The van der Waals surface area contributed by atoms with Crippen LogP contribution in [0.25, 0.3) is 0 Å². The molecule has 0 heterocycles. The normalized spacial score (nSPS) is 14.2. The molecule has 0 fully saturated rings. The number of aliphatic imine (C=N–C) groups is 2. The Morgan fingerprint density at radius 1 is 0.562 bits per heavy atom. The Labute approximate surface area is 205 Å². The first-order valence-corrected chi connectivity index (χ1v) is 13.2. The molecule has 32 heavy (non-hydrogen) atoms. The third kappa shape index (κ3) is 6.22. The zero-order valence-electron chi connectivity index (χ0n) is 21.7. The van der Waals surface area contributed by atoms with Crippen LogP contribution >= 0.6 is 0 Å². The molecule has 171 valence electrons. The topological polar surface area (TPSA) is 24.7 Å². The Morgan fingerprint density at radius 3 is 1.03 bits per heavy atom. The fraction of sp³-hybridized carbons (Fsp3) is 0.517. The molecule has 3 heteroatoms. The molecule has 0 aliphatic rings. The molecule has 2 aromatic rings. The Morgan fingerprint density at radius 2 is 0.812 bits per heavy atom. The second-order valence-electron chi connectivity index (χ2n) is 10.1. The van der Waals surface area contributed by atoms with Crippen molar-refractivity contribution >= 4 is 39.3 Å². The SMILES string of the molecule is CC(=Nc1c(C(C)C)cccc1C(C)C)[CH]([Ge])C(C)=Nc1c(C(C)C)cccc1C(C)C. The molecule has 0 aliphatic heterocycles. The van der Waals surface area contributed by atoms with Gasteiger partial charge in [-0.05, 0) is 0 Å². The number of para-hydroxylation sites is 2. The molecule has 0 spiro atoms. The van der Waals surface area contributed by atoms with Crippen molar-refractivity contribution in [3.8, 4) is 0 Å². The van der Waals surface area contributed by atoms with Gasteiger partial charge in [0, 0.05) is 0 Å². The van der Waals surface area contributed by atoms with Crippen LogP contribution < -0.4 is 0 Å². The first-order chi connectivity index (χ1) is 15.0. The van der Waals surface area contributed by atoms with Crippen molar-refractivity contribution in [1.82, 2.24) is 0 Å². The minimum absolute atomic E-state index is 0.176. The molecule has 2 nitrogen and oxygen atoms in total. The summed E-state index contributed by atoms with van der Waals surface area (Å²) in [6, 6.07) is 13.2. The number of nitrogens with zero attached hydrogens (tertiary/aromatic N) is 2. The van der Waals surface area contributed by atoms with Crippen molar-refractivity contribution in [3.05, 3.63) is 58.7 Å². The van der Waals surface area contributed by atoms with E-state index in [1.807, 2.05) is 0 Å². The molecule has 3 radical (unpaired) electrons. The molecule has 0 saturated carbocycles. The monoisotopic (exact) mass is 491 g/mol. The molecule has 0 N–H and O–H groups in total. The molecule has 2 rings (SSSR count). The van der Waals surface area contributed by atoms with Crippen LogP contribution in [0.1, 0.15) is 115 Å². The molecular weight excluding hydrogens is 449 g/mol. The fourth-order valence-electron chi connectivity index (χ4n) is 4.07. The van der Waals surface area contributed by atoms with Crippen molar-refractivity contribution in [2.24, 2.45) is 9.98 Å². The molecule has 0 saturated heterocycles. The van der Waals surface area contributed by atoms with E-state index in [9.17, 15) is 0 Å². The predicted octanol–water partition coefficient (Wildman–Crippen LogP) is 9.02. The number of benzene rings is 2. The minimum atomic E-state index is 0.176. The van der Waals surface area contributed by atoms with Crippen molar-refractivity contribution in [2.75, 3.05) is 0 Å². The summed E-state index contributed by atoms with van der Waals surface area (Å²) in [5, 5.41) is 0. The third-order valence-electron chi connectivity index (χ3n) is 6.10. The summed E-state index contributed by atoms with van der Waals surface area (Å²) in [6.07, 6.45) is 0. The Balaban J connectivity index is 2.55. The zero-order chi connectivity index (χ0) is 24.2. The Bertz CT molecular complexity index is 849. The quantitative estimate of drug-likeness (QED) is 0.261. The molecule has 0 bridgehead atoms. The summed E-state index contributed by atoms with van der Waals surface area (Å²) in [6.45, 7) is 22.3. The van der Waals surface area contributed by atoms with E-state index in [-0.39, 0.29) is 4.75 Å². The van der Waals surface area contributed by atoms with Crippen LogP contribution in [0.5, 0.6) is 0 Å². The van der Waals surface area contributed by atoms with Gasteiger partial charge in [0.15, 0.2) is 0 Å². The van der Waals surface area contributed by atoms with Gasteiger partial charge < -0.3 is 0 Å². The maximum atomic E-state index is 5.21. The fourth-order valence-corrected chi connectivity index (χ4v) is 4.34. The zero-order valence-corrected chi connectivity index (χ0v) is 23.8. The van der Waals surface area contributed by atoms with Gasteiger partial charge in [-0.1, -0.05) is 0 Å². The Hall–Kier alpha value is -1.68. The summed E-state index contributed by atoms with van der Waals surface area (Å²) < 4.78 is 0.176. The molecule has 0 aliphatic carbocycles. The average Bonchev–Trinajstić information content (AvgIpc) is 2.72. The van der Waals surface area contributed by atoms with Gasteiger partial charge in [-0.3, -0.25) is 0 Å². The summed E-state index contributed by atoms with van der Waals surface area (Å²) in [5.41, 5.74) is 9.84. The van der Waals surface area contributed by atoms with Gasteiger partial charge in [0.2, 0.25) is 0 Å². The van der Waals surface area contributed by atoms with Gasteiger partial charge >= 0.3 is 206 Å². The van der Waals surface area contributed by atoms with Crippen molar-refractivity contribution in [1.29, 1.82) is 0 Å². The summed E-state index contributed by atoms with van der Waals surface area (Å²) in [5.74, 6) is 1.77. The van der Waals surface area contributed by atoms with Gasteiger partial charge in [0.25, 0.3) is 0 Å². The van der Waals surface area contributed by atoms with E-state index >= 15 is 0 Å². The van der Waals surface area contributed by atoms with Crippen LogP contribution in [0.15, 0.2) is 46.4 Å². The van der Waals surface area contributed by atoms with E-state index in [0.29, 0.717) is 23.7 Å². The van der Waals surface area contributed by atoms with Gasteiger partial charge in [0.1, 0.15) is 0 Å². The van der Waals surface area contributed by atoms with Gasteiger partial charge in [-0.25, -0.2) is 0 Å². The predicted molar refractivity (Wildman–Crippen MR) is 144 cm³/mol. The summed E-state index contributed by atoms with van der Waals surface area (Å²) >= 11 is 2.23. The summed E-state index contributed by atoms with van der Waals surface area (Å²) in [7, 11) is 0. The summed E-state index contributed by atoms with van der Waals surface area (Å²) in [4.78, 5) is 10.4. The van der Waals surface area contributed by atoms with Crippen LogP contribution in [0, 0.1) is 0 Å². The van der Waals surface area contributed by atoms with E-state index in [1.54, 1.807) is 0 Å². The van der Waals surface area contributed by atoms with Crippen LogP contribution in [-0.4, -0.2) is 27.9 Å². The third-order valence-corrected chi connectivity index (χ3v) is 7.85. The first-order valence-electron chi connectivity index (χ1n) is 12.0. The first kappa shape index (κ1) is 26.6. The molecule has 0 amide bonds. The average molecular weight is 490 g/mol. The van der Waals surface area contributed by atoms with Crippen LogP contribution in [0.2, 0.25) is 4.75 Å². The molecule has 0 unspecified atom stereocenters. The van der Waals surface area contributed by atoms with Gasteiger partial charge in [0.05, 0.1) is 0 Å². The number of rotatable bonds is 8. The van der Waals surface area contributed by atoms with Crippen LogP contribution in [0.4, 0.5) is 11.4 Å². The Kier molecular flexibility index (Phi) is 9.51. The van der Waals surface area contributed by atoms with Crippen molar-refractivity contribution < 1.29 is 0 Å². The van der Waals surface area contributed by atoms with Crippen molar-refractivity contribution in [3.63, 3.8) is 0 Å². The van der Waals surface area contributed by atoms with E-state index in [0.717, 1.165) is 22.8 Å². The second-order valence-corrected chi connectivity index (χ2v) is 11.3. The number of hydrogen-bond donors (Lipinski definition) is 0. The standard InChI is InChI=1S/C29H41GeN2/c1-17(2)23-13-11-14-24(18(3)4)28(23)31-21(9)27(30)22(10)32-29-25(19(5)6)15-12-16-26(29)20(7)8/h11-20,27H,1-10H3. The van der Waals surface area contributed by atoms with E-state index in [2.05, 4.69) is 122 Å². The van der Waals surface area contributed by atoms with E-state index < -0.39 is 0 Å². The van der Waals surface area contributed by atoms with Crippen LogP contribution in [-0.2, 0) is 0 Å². The van der Waals surface area contributed by atoms with E-state index in [4.69, 9.17) is 9.98 Å². The molecule has 0 atom stereocenters. The second kappa shape index (κ2) is 11.5. The molecule has 0 aromatic heterocycles.